The Labute approximate surface area is 144 Å². The molecule has 0 aliphatic carbocycles. The van der Waals surface area contributed by atoms with Gasteiger partial charge in [0.15, 0.2) is 0 Å². The van der Waals surface area contributed by atoms with E-state index in [0.717, 1.165) is 11.3 Å². The van der Waals surface area contributed by atoms with Crippen molar-refractivity contribution in [1.82, 2.24) is 10.2 Å². The van der Waals surface area contributed by atoms with Crippen molar-refractivity contribution in [3.05, 3.63) is 24.3 Å². The molecule has 0 aliphatic rings. The lowest BCUT2D eigenvalue weighted by molar-refractivity contribution is -0.123. The van der Waals surface area contributed by atoms with Crippen LogP contribution < -0.4 is 14.8 Å². The van der Waals surface area contributed by atoms with Crippen LogP contribution in [0.4, 0.5) is 10.8 Å². The first-order valence-corrected chi connectivity index (χ1v) is 9.23. The van der Waals surface area contributed by atoms with E-state index in [2.05, 4.69) is 20.2 Å². The van der Waals surface area contributed by atoms with Crippen molar-refractivity contribution in [1.29, 1.82) is 0 Å². The van der Waals surface area contributed by atoms with E-state index in [0.29, 0.717) is 11.4 Å². The number of carbonyl (C=O) groups excluding carboxylic acids is 1. The number of hydrogen-bond donors (Lipinski definition) is 2. The molecular formula is C14H18N4O4S2. The average Bonchev–Trinajstić information content (AvgIpc) is 2.96. The summed E-state index contributed by atoms with van der Waals surface area (Å²) in [6.45, 7) is 5.23. The Morgan fingerprint density at radius 3 is 2.33 bits per heavy atom. The fourth-order valence-corrected chi connectivity index (χ4v) is 3.47. The Hall–Kier alpha value is -2.20. The molecule has 1 heterocycles. The topological polar surface area (TPSA) is 110 Å². The van der Waals surface area contributed by atoms with Gasteiger partial charge in [-0.05, 0) is 24.3 Å². The van der Waals surface area contributed by atoms with Gasteiger partial charge in [0.2, 0.25) is 11.0 Å². The normalized spacial score (nSPS) is 11.8. The zero-order valence-corrected chi connectivity index (χ0v) is 15.3. The maximum absolute atomic E-state index is 12.3. The van der Waals surface area contributed by atoms with Gasteiger partial charge in [-0.3, -0.25) is 9.52 Å². The largest absolute Gasteiger partial charge is 0.497 e. The Morgan fingerprint density at radius 1 is 1.17 bits per heavy atom. The van der Waals surface area contributed by atoms with Crippen molar-refractivity contribution in [3.63, 3.8) is 0 Å². The van der Waals surface area contributed by atoms with Crippen LogP contribution in [0.25, 0.3) is 0 Å². The molecule has 2 N–H and O–H groups in total. The van der Waals surface area contributed by atoms with E-state index in [1.54, 1.807) is 45.0 Å². The van der Waals surface area contributed by atoms with E-state index in [1.807, 2.05) is 0 Å². The molecule has 0 spiro atoms. The van der Waals surface area contributed by atoms with Crippen LogP contribution in [0.15, 0.2) is 28.6 Å². The van der Waals surface area contributed by atoms with E-state index < -0.39 is 15.4 Å². The number of benzene rings is 1. The number of anilines is 2. The zero-order chi connectivity index (χ0) is 18.0. The molecule has 8 nitrogen and oxygen atoms in total. The van der Waals surface area contributed by atoms with Crippen LogP contribution in [0.3, 0.4) is 0 Å². The summed E-state index contributed by atoms with van der Waals surface area (Å²) >= 11 is 0.782. The summed E-state index contributed by atoms with van der Waals surface area (Å²) in [5.41, 5.74) is -0.252. The summed E-state index contributed by atoms with van der Waals surface area (Å²) in [4.78, 5) is 11.9. The summed E-state index contributed by atoms with van der Waals surface area (Å²) in [6, 6.07) is 6.40. The Bertz CT molecular complexity index is 823. The van der Waals surface area contributed by atoms with Crippen molar-refractivity contribution in [2.45, 2.75) is 25.1 Å². The molecule has 0 fully saturated rings. The molecule has 2 aromatic rings. The third kappa shape index (κ3) is 4.42. The number of nitrogens with zero attached hydrogens (tertiary/aromatic N) is 2. The molecule has 1 amide bonds. The quantitative estimate of drug-likeness (QED) is 0.782. The molecule has 0 bridgehead atoms. The molecule has 0 atom stereocenters. The summed E-state index contributed by atoms with van der Waals surface area (Å²) in [7, 11) is -2.36. The maximum Gasteiger partial charge on any atom is 0.291 e. The van der Waals surface area contributed by atoms with E-state index in [9.17, 15) is 13.2 Å². The standard InChI is InChI=1S/C14H18N4O4S2/c1-14(2,3)11(19)15-12-16-17-13(23-12)24(20,21)18-9-5-7-10(22-4)8-6-9/h5-8,18H,1-4H3,(H,15,16,19). The minimum atomic E-state index is -3.88. The van der Waals surface area contributed by atoms with Crippen molar-refractivity contribution >= 4 is 38.1 Å². The fraction of sp³-hybridized carbons (Fsp3) is 0.357. The molecule has 1 aromatic carbocycles. The lowest BCUT2D eigenvalue weighted by atomic mass is 9.96. The lowest BCUT2D eigenvalue weighted by Crippen LogP contribution is -2.27. The van der Waals surface area contributed by atoms with E-state index in [4.69, 9.17) is 4.74 Å². The first kappa shape index (κ1) is 18.1. The smallest absolute Gasteiger partial charge is 0.291 e. The highest BCUT2D eigenvalue weighted by molar-refractivity contribution is 7.94. The van der Waals surface area contributed by atoms with Gasteiger partial charge in [-0.2, -0.15) is 8.42 Å². The first-order valence-electron chi connectivity index (χ1n) is 6.93. The Morgan fingerprint density at radius 2 is 1.79 bits per heavy atom. The van der Waals surface area contributed by atoms with Crippen LogP contribution in [0.5, 0.6) is 5.75 Å². The number of methoxy groups -OCH3 is 1. The van der Waals surface area contributed by atoms with Crippen molar-refractivity contribution < 1.29 is 17.9 Å². The van der Waals surface area contributed by atoms with Crippen LogP contribution in [-0.4, -0.2) is 31.6 Å². The molecule has 130 valence electrons. The van der Waals surface area contributed by atoms with Gasteiger partial charge in [-0.1, -0.05) is 32.1 Å². The monoisotopic (exact) mass is 370 g/mol. The number of amides is 1. The van der Waals surface area contributed by atoms with Gasteiger partial charge in [0.1, 0.15) is 5.75 Å². The second-order valence-corrected chi connectivity index (χ2v) is 8.74. The molecule has 0 radical (unpaired) electrons. The molecule has 0 unspecified atom stereocenters. The van der Waals surface area contributed by atoms with Crippen LogP contribution in [0.1, 0.15) is 20.8 Å². The fourth-order valence-electron chi connectivity index (χ4n) is 1.51. The zero-order valence-electron chi connectivity index (χ0n) is 13.7. The molecule has 24 heavy (non-hydrogen) atoms. The SMILES string of the molecule is COc1ccc(NS(=O)(=O)c2nnc(NC(=O)C(C)(C)C)s2)cc1. The number of nitrogens with one attached hydrogen (secondary N) is 2. The second kappa shape index (κ2) is 6.73. The van der Waals surface area contributed by atoms with Crippen LogP contribution in [0, 0.1) is 5.41 Å². The number of aromatic nitrogens is 2. The third-order valence-corrected chi connectivity index (χ3v) is 5.47. The molecule has 0 aliphatic heterocycles. The van der Waals surface area contributed by atoms with Gasteiger partial charge in [0, 0.05) is 11.1 Å². The molecular weight excluding hydrogens is 352 g/mol. The number of hydrogen-bond acceptors (Lipinski definition) is 7. The second-order valence-electron chi connectivity index (χ2n) is 5.91. The van der Waals surface area contributed by atoms with Gasteiger partial charge in [0.05, 0.1) is 7.11 Å². The lowest BCUT2D eigenvalue weighted by Gasteiger charge is -2.15. The van der Waals surface area contributed by atoms with Gasteiger partial charge in [-0.15, -0.1) is 10.2 Å². The van der Waals surface area contributed by atoms with Gasteiger partial charge in [-0.25, -0.2) is 0 Å². The number of rotatable bonds is 5. The van der Waals surface area contributed by atoms with Crippen LogP contribution >= 0.6 is 11.3 Å². The van der Waals surface area contributed by atoms with E-state index >= 15 is 0 Å². The minimum absolute atomic E-state index is 0.130. The van der Waals surface area contributed by atoms with Gasteiger partial charge >= 0.3 is 0 Å². The Balaban J connectivity index is 2.13. The summed E-state index contributed by atoms with van der Waals surface area (Å²) < 4.78 is 31.8. The minimum Gasteiger partial charge on any atom is -0.497 e. The molecule has 2 rings (SSSR count). The number of carbonyl (C=O) groups is 1. The predicted octanol–water partition coefficient (Wildman–Crippen LogP) is 2.33. The highest BCUT2D eigenvalue weighted by atomic mass is 32.2. The van der Waals surface area contributed by atoms with E-state index in [1.165, 1.54) is 7.11 Å². The number of ether oxygens (including phenoxy) is 1. The highest BCUT2D eigenvalue weighted by Gasteiger charge is 2.25. The average molecular weight is 370 g/mol. The van der Waals surface area contributed by atoms with Gasteiger partial charge in [0.25, 0.3) is 14.4 Å². The Kier molecular flexibility index (Phi) is 5.09. The van der Waals surface area contributed by atoms with Crippen molar-refractivity contribution in [3.8, 4) is 5.75 Å². The van der Waals surface area contributed by atoms with Gasteiger partial charge < -0.3 is 10.1 Å². The summed E-state index contributed by atoms with van der Waals surface area (Å²) in [6.07, 6.45) is 0. The van der Waals surface area contributed by atoms with E-state index in [-0.39, 0.29) is 15.4 Å². The predicted molar refractivity (Wildman–Crippen MR) is 91.8 cm³/mol. The first-order chi connectivity index (χ1) is 11.1. The van der Waals surface area contributed by atoms with Crippen molar-refractivity contribution in [2.24, 2.45) is 5.41 Å². The molecule has 1 aromatic heterocycles. The highest BCUT2D eigenvalue weighted by Crippen LogP contribution is 2.25. The third-order valence-electron chi connectivity index (χ3n) is 2.88. The van der Waals surface area contributed by atoms with Crippen LogP contribution in [0.2, 0.25) is 0 Å². The summed E-state index contributed by atoms with van der Waals surface area (Å²) in [5.74, 6) is 0.340. The molecule has 10 heteroatoms. The number of sulfonamides is 1. The molecule has 0 saturated carbocycles. The molecule has 0 saturated heterocycles. The summed E-state index contributed by atoms with van der Waals surface area (Å²) in [5, 5.41) is 10.0. The van der Waals surface area contributed by atoms with Crippen LogP contribution in [-0.2, 0) is 14.8 Å². The maximum atomic E-state index is 12.3. The van der Waals surface area contributed by atoms with Crippen molar-refractivity contribution in [2.75, 3.05) is 17.1 Å².